The van der Waals surface area contributed by atoms with Crippen LogP contribution < -0.4 is 10.1 Å². The van der Waals surface area contributed by atoms with Crippen LogP contribution in [0.1, 0.15) is 22.7 Å². The molecule has 0 fully saturated rings. The number of carbonyl (C=O) groups is 1. The number of benzene rings is 1. The Kier molecular flexibility index (Phi) is 5.36. The molecule has 0 aliphatic heterocycles. The van der Waals surface area contributed by atoms with E-state index < -0.39 is 0 Å². The van der Waals surface area contributed by atoms with Gasteiger partial charge in [-0.3, -0.25) is 9.48 Å². The molecule has 7 heteroatoms. The molecule has 1 N–H and O–H groups in total. The van der Waals surface area contributed by atoms with E-state index in [1.54, 1.807) is 31.1 Å². The molecule has 3 aromatic rings. The Morgan fingerprint density at radius 1 is 1.27 bits per heavy atom. The van der Waals surface area contributed by atoms with E-state index in [1.165, 1.54) is 0 Å². The summed E-state index contributed by atoms with van der Waals surface area (Å²) in [7, 11) is 3.41. The van der Waals surface area contributed by atoms with Crippen LogP contribution in [0.5, 0.6) is 5.75 Å². The van der Waals surface area contributed by atoms with Gasteiger partial charge in [-0.15, -0.1) is 0 Å². The smallest absolute Gasteiger partial charge is 0.269 e. The molecule has 0 aliphatic rings. The van der Waals surface area contributed by atoms with Gasteiger partial charge in [0, 0.05) is 38.1 Å². The molecule has 0 saturated heterocycles. The summed E-state index contributed by atoms with van der Waals surface area (Å²) in [6, 6.07) is 9.41. The van der Waals surface area contributed by atoms with Crippen LogP contribution in [0, 0.1) is 6.92 Å². The lowest BCUT2D eigenvalue weighted by Crippen LogP contribution is -2.27. The average molecular weight is 353 g/mol. The minimum atomic E-state index is -0.123. The van der Waals surface area contributed by atoms with Crippen molar-refractivity contribution in [2.24, 2.45) is 7.05 Å². The first-order valence-corrected chi connectivity index (χ1v) is 8.53. The van der Waals surface area contributed by atoms with Crippen molar-refractivity contribution in [3.8, 4) is 17.0 Å². The number of carbonyl (C=O) groups excluding carboxylic acids is 1. The number of nitrogens with zero attached hydrogens (tertiary/aromatic N) is 4. The highest BCUT2D eigenvalue weighted by Crippen LogP contribution is 2.21. The lowest BCUT2D eigenvalue weighted by Gasteiger charge is -2.07. The van der Waals surface area contributed by atoms with Crippen LogP contribution in [0.3, 0.4) is 0 Å². The Hall–Kier alpha value is -3.09. The van der Waals surface area contributed by atoms with Gasteiger partial charge in [-0.05, 0) is 43.7 Å². The predicted octanol–water partition coefficient (Wildman–Crippen LogP) is 2.42. The number of nitrogens with one attached hydrogen (secondary N) is 1. The zero-order valence-corrected chi connectivity index (χ0v) is 15.3. The van der Waals surface area contributed by atoms with Gasteiger partial charge in [0.2, 0.25) is 0 Å². The third kappa shape index (κ3) is 3.93. The molecule has 0 aliphatic carbocycles. The second kappa shape index (κ2) is 7.86. The van der Waals surface area contributed by atoms with Gasteiger partial charge in [-0.25, -0.2) is 4.98 Å². The van der Waals surface area contributed by atoms with Crippen molar-refractivity contribution < 1.29 is 9.53 Å². The minimum Gasteiger partial charge on any atom is -0.497 e. The van der Waals surface area contributed by atoms with Gasteiger partial charge < -0.3 is 14.6 Å². The Labute approximate surface area is 152 Å². The number of imidazole rings is 1. The zero-order valence-electron chi connectivity index (χ0n) is 15.3. The van der Waals surface area contributed by atoms with Crippen LogP contribution >= 0.6 is 0 Å². The second-order valence-electron chi connectivity index (χ2n) is 6.04. The molecule has 136 valence electrons. The second-order valence-corrected chi connectivity index (χ2v) is 6.04. The summed E-state index contributed by atoms with van der Waals surface area (Å²) in [6.07, 6.45) is 4.57. The maximum absolute atomic E-state index is 12.4. The molecule has 7 nitrogen and oxygen atoms in total. The molecule has 2 heterocycles. The van der Waals surface area contributed by atoms with Gasteiger partial charge in [0.15, 0.2) is 0 Å². The van der Waals surface area contributed by atoms with E-state index >= 15 is 0 Å². The molecule has 3 rings (SSSR count). The zero-order chi connectivity index (χ0) is 18.5. The van der Waals surface area contributed by atoms with Crippen molar-refractivity contribution in [2.45, 2.75) is 19.9 Å². The van der Waals surface area contributed by atoms with Crippen LogP contribution in [0.4, 0.5) is 0 Å². The number of aromatic nitrogens is 4. The quantitative estimate of drug-likeness (QED) is 0.662. The molecular formula is C19H23N5O2. The molecule has 26 heavy (non-hydrogen) atoms. The topological polar surface area (TPSA) is 74.0 Å². The van der Waals surface area contributed by atoms with Crippen LogP contribution in [0.2, 0.25) is 0 Å². The maximum atomic E-state index is 12.4. The molecule has 0 saturated carbocycles. The molecule has 0 unspecified atom stereocenters. The summed E-state index contributed by atoms with van der Waals surface area (Å²) in [5.74, 6) is 1.64. The fourth-order valence-corrected chi connectivity index (χ4v) is 2.76. The van der Waals surface area contributed by atoms with Crippen molar-refractivity contribution in [3.63, 3.8) is 0 Å². The van der Waals surface area contributed by atoms with E-state index in [4.69, 9.17) is 4.74 Å². The largest absolute Gasteiger partial charge is 0.497 e. The van der Waals surface area contributed by atoms with Crippen molar-refractivity contribution in [2.75, 3.05) is 13.7 Å². The number of hydrogen-bond acceptors (Lipinski definition) is 4. The predicted molar refractivity (Wildman–Crippen MR) is 99.1 cm³/mol. The first-order chi connectivity index (χ1) is 12.6. The lowest BCUT2D eigenvalue weighted by atomic mass is 10.1. The van der Waals surface area contributed by atoms with E-state index in [0.717, 1.165) is 35.8 Å². The van der Waals surface area contributed by atoms with Crippen molar-refractivity contribution in [3.05, 3.63) is 54.2 Å². The van der Waals surface area contributed by atoms with Crippen molar-refractivity contribution >= 4 is 5.91 Å². The Bertz CT molecular complexity index is 880. The highest BCUT2D eigenvalue weighted by molar-refractivity contribution is 5.93. The summed E-state index contributed by atoms with van der Waals surface area (Å²) in [6.45, 7) is 3.39. The van der Waals surface area contributed by atoms with Gasteiger partial charge in [0.25, 0.3) is 5.91 Å². The first kappa shape index (κ1) is 17.7. The summed E-state index contributed by atoms with van der Waals surface area (Å²) in [5, 5.41) is 7.39. The molecule has 0 spiro atoms. The van der Waals surface area contributed by atoms with Crippen LogP contribution in [-0.4, -0.2) is 38.9 Å². The molecule has 1 aromatic carbocycles. The molecule has 2 aromatic heterocycles. The van der Waals surface area contributed by atoms with Gasteiger partial charge in [0.1, 0.15) is 17.3 Å². The number of aryl methyl sites for hydroxylation is 3. The maximum Gasteiger partial charge on any atom is 0.269 e. The Morgan fingerprint density at radius 3 is 2.69 bits per heavy atom. The molecular weight excluding hydrogens is 330 g/mol. The van der Waals surface area contributed by atoms with E-state index in [2.05, 4.69) is 20.0 Å². The van der Waals surface area contributed by atoms with Crippen molar-refractivity contribution in [1.29, 1.82) is 0 Å². The van der Waals surface area contributed by atoms with Gasteiger partial charge >= 0.3 is 0 Å². The van der Waals surface area contributed by atoms with E-state index in [1.807, 2.05) is 37.4 Å². The highest BCUT2D eigenvalue weighted by Gasteiger charge is 2.14. The summed E-state index contributed by atoms with van der Waals surface area (Å²) in [5.41, 5.74) is 2.24. The number of hydrogen-bond donors (Lipinski definition) is 1. The Balaban J connectivity index is 1.59. The van der Waals surface area contributed by atoms with E-state index in [0.29, 0.717) is 12.2 Å². The fourth-order valence-electron chi connectivity index (χ4n) is 2.76. The SMILES string of the molecule is COc1ccc(-c2cc(C(=O)NCCCn3ccnc3C)n(C)n2)cc1. The van der Waals surface area contributed by atoms with Crippen LogP contribution in [0.25, 0.3) is 11.3 Å². The summed E-state index contributed by atoms with van der Waals surface area (Å²) < 4.78 is 8.84. The number of methoxy groups -OCH3 is 1. The van der Waals surface area contributed by atoms with Crippen LogP contribution in [0.15, 0.2) is 42.7 Å². The van der Waals surface area contributed by atoms with E-state index in [9.17, 15) is 4.79 Å². The third-order valence-electron chi connectivity index (χ3n) is 4.28. The number of rotatable bonds is 7. The third-order valence-corrected chi connectivity index (χ3v) is 4.28. The van der Waals surface area contributed by atoms with Crippen molar-refractivity contribution in [1.82, 2.24) is 24.6 Å². The fraction of sp³-hybridized carbons (Fsp3) is 0.316. The number of amides is 1. The summed E-state index contributed by atoms with van der Waals surface area (Å²) in [4.78, 5) is 16.6. The number of ether oxygens (including phenoxy) is 1. The molecule has 0 bridgehead atoms. The highest BCUT2D eigenvalue weighted by atomic mass is 16.5. The van der Waals surface area contributed by atoms with Gasteiger partial charge in [-0.2, -0.15) is 5.10 Å². The standard InChI is InChI=1S/C19H23N5O2/c1-14-20-10-12-24(14)11-4-9-21-19(25)18-13-17(22-23(18)2)15-5-7-16(26-3)8-6-15/h5-8,10,12-13H,4,9,11H2,1-3H3,(H,21,25). The molecule has 1 amide bonds. The first-order valence-electron chi connectivity index (χ1n) is 8.53. The normalized spacial score (nSPS) is 10.7. The van der Waals surface area contributed by atoms with E-state index in [-0.39, 0.29) is 5.91 Å². The van der Waals surface area contributed by atoms with Gasteiger partial charge in [-0.1, -0.05) is 0 Å². The lowest BCUT2D eigenvalue weighted by molar-refractivity contribution is 0.0943. The minimum absolute atomic E-state index is 0.123. The summed E-state index contributed by atoms with van der Waals surface area (Å²) >= 11 is 0. The van der Waals surface area contributed by atoms with Crippen LogP contribution in [-0.2, 0) is 13.6 Å². The van der Waals surface area contributed by atoms with Gasteiger partial charge in [0.05, 0.1) is 12.8 Å². The monoisotopic (exact) mass is 353 g/mol. The Morgan fingerprint density at radius 2 is 2.04 bits per heavy atom. The molecule has 0 atom stereocenters. The average Bonchev–Trinajstić information content (AvgIpc) is 3.24. The molecule has 0 radical (unpaired) electrons.